The van der Waals surface area contributed by atoms with Crippen molar-refractivity contribution in [1.29, 1.82) is 0 Å². The van der Waals surface area contributed by atoms with Crippen molar-refractivity contribution in [1.82, 2.24) is 15.5 Å². The molecule has 2 aliphatic rings. The van der Waals surface area contributed by atoms with Crippen molar-refractivity contribution < 1.29 is 19.2 Å². The van der Waals surface area contributed by atoms with Gasteiger partial charge in [0.2, 0.25) is 17.7 Å². The Balaban J connectivity index is 0.00000243. The zero-order valence-corrected chi connectivity index (χ0v) is 15.4. The van der Waals surface area contributed by atoms with Crippen LogP contribution < -0.4 is 10.6 Å². The number of amides is 4. The van der Waals surface area contributed by atoms with Crippen LogP contribution in [0, 0.1) is 0 Å². The van der Waals surface area contributed by atoms with E-state index in [1.54, 1.807) is 12.1 Å². The summed E-state index contributed by atoms with van der Waals surface area (Å²) in [5.41, 5.74) is 2.28. The van der Waals surface area contributed by atoms with E-state index >= 15 is 0 Å². The van der Waals surface area contributed by atoms with Crippen molar-refractivity contribution in [2.24, 2.45) is 0 Å². The topological polar surface area (TPSA) is 95.6 Å². The van der Waals surface area contributed by atoms with Crippen LogP contribution >= 0.6 is 12.4 Å². The van der Waals surface area contributed by atoms with Crippen molar-refractivity contribution in [2.75, 3.05) is 0 Å². The van der Waals surface area contributed by atoms with Crippen LogP contribution in [0.2, 0.25) is 0 Å². The molecule has 0 aromatic heterocycles. The largest absolute Gasteiger partial charge is 0.352 e. The van der Waals surface area contributed by atoms with Gasteiger partial charge in [-0.3, -0.25) is 24.5 Å². The molecule has 0 spiro atoms. The van der Waals surface area contributed by atoms with Gasteiger partial charge in [-0.1, -0.05) is 19.1 Å². The lowest BCUT2D eigenvalue weighted by Crippen LogP contribution is -2.52. The third-order valence-electron chi connectivity index (χ3n) is 4.63. The maximum Gasteiger partial charge on any atom is 0.255 e. The van der Waals surface area contributed by atoms with Gasteiger partial charge in [0.25, 0.3) is 5.91 Å². The first-order valence-corrected chi connectivity index (χ1v) is 8.53. The van der Waals surface area contributed by atoms with Gasteiger partial charge in [-0.15, -0.1) is 12.4 Å². The highest BCUT2D eigenvalue weighted by Crippen LogP contribution is 2.29. The van der Waals surface area contributed by atoms with Crippen LogP contribution in [0.5, 0.6) is 0 Å². The fraction of sp³-hybridized carbons (Fsp3) is 0.444. The molecule has 2 heterocycles. The molecule has 0 radical (unpaired) electrons. The van der Waals surface area contributed by atoms with Crippen LogP contribution in [0.3, 0.4) is 0 Å². The number of hydrogen-bond acceptors (Lipinski definition) is 4. The molecule has 1 aromatic carbocycles. The van der Waals surface area contributed by atoms with Gasteiger partial charge in [0.05, 0.1) is 0 Å². The second kappa shape index (κ2) is 8.31. The molecular formula is C18H22ClN3O4. The van der Waals surface area contributed by atoms with Gasteiger partial charge in [0, 0.05) is 31.5 Å². The van der Waals surface area contributed by atoms with Crippen LogP contribution in [0.4, 0.5) is 0 Å². The highest BCUT2D eigenvalue weighted by Gasteiger charge is 2.39. The van der Waals surface area contributed by atoms with Gasteiger partial charge in [-0.25, -0.2) is 0 Å². The zero-order chi connectivity index (χ0) is 18.0. The number of benzene rings is 1. The molecule has 0 saturated carbocycles. The van der Waals surface area contributed by atoms with E-state index in [4.69, 9.17) is 0 Å². The molecule has 7 nitrogen and oxygen atoms in total. The van der Waals surface area contributed by atoms with Crippen molar-refractivity contribution in [3.05, 3.63) is 34.9 Å². The molecule has 1 atom stereocenters. The summed E-state index contributed by atoms with van der Waals surface area (Å²) in [6.07, 6.45) is 1.82. The first-order chi connectivity index (χ1) is 12.0. The average Bonchev–Trinajstić information content (AvgIpc) is 2.91. The molecule has 140 valence electrons. The highest BCUT2D eigenvalue weighted by molar-refractivity contribution is 6.05. The Labute approximate surface area is 157 Å². The lowest BCUT2D eigenvalue weighted by Gasteiger charge is -2.29. The minimum Gasteiger partial charge on any atom is -0.352 e. The van der Waals surface area contributed by atoms with Gasteiger partial charge in [0.15, 0.2) is 0 Å². The van der Waals surface area contributed by atoms with Crippen LogP contribution in [0.25, 0.3) is 0 Å². The molecule has 0 aliphatic carbocycles. The maximum absolute atomic E-state index is 12.7. The number of hydrogen-bond donors (Lipinski definition) is 2. The minimum atomic E-state index is -0.625. The van der Waals surface area contributed by atoms with E-state index in [1.807, 2.05) is 13.0 Å². The minimum absolute atomic E-state index is 0. The molecule has 2 N–H and O–H groups in total. The number of nitrogens with one attached hydrogen (secondary N) is 2. The maximum atomic E-state index is 12.7. The fourth-order valence-electron chi connectivity index (χ4n) is 3.32. The summed E-state index contributed by atoms with van der Waals surface area (Å²) < 4.78 is 0. The molecule has 8 heteroatoms. The first-order valence-electron chi connectivity index (χ1n) is 8.53. The van der Waals surface area contributed by atoms with Crippen LogP contribution in [0.15, 0.2) is 18.2 Å². The predicted molar refractivity (Wildman–Crippen MR) is 96.5 cm³/mol. The van der Waals surface area contributed by atoms with Crippen LogP contribution in [0.1, 0.15) is 54.1 Å². The number of carbonyl (C=O) groups excluding carboxylic acids is 4. The molecule has 4 amide bonds. The molecule has 1 saturated heterocycles. The molecule has 2 aliphatic heterocycles. The molecule has 3 rings (SSSR count). The SMILES string of the molecule is CCCC(=O)NCc1cccc2c1CN(C1CCC(=O)NC1=O)C2=O.Cl. The van der Waals surface area contributed by atoms with Gasteiger partial charge < -0.3 is 10.2 Å². The van der Waals surface area contributed by atoms with E-state index in [-0.39, 0.29) is 36.5 Å². The summed E-state index contributed by atoms with van der Waals surface area (Å²) in [5, 5.41) is 5.15. The van der Waals surface area contributed by atoms with Crippen molar-refractivity contribution >= 4 is 36.0 Å². The van der Waals surface area contributed by atoms with E-state index < -0.39 is 11.9 Å². The van der Waals surface area contributed by atoms with Crippen LogP contribution in [-0.4, -0.2) is 34.6 Å². The number of rotatable bonds is 5. The first kappa shape index (κ1) is 19.9. The Kier molecular flexibility index (Phi) is 6.37. The number of imide groups is 1. The van der Waals surface area contributed by atoms with E-state index in [0.717, 1.165) is 17.5 Å². The molecule has 1 fully saturated rings. The van der Waals surface area contributed by atoms with Crippen LogP contribution in [-0.2, 0) is 27.5 Å². The standard InChI is InChI=1S/C18H21N3O4.ClH/c1-2-4-15(22)19-9-11-5-3-6-12-13(11)10-21(18(12)25)14-7-8-16(23)20-17(14)24;/h3,5-6,14H,2,4,7-10H2,1H3,(H,19,22)(H,20,23,24);1H. The van der Waals surface area contributed by atoms with Gasteiger partial charge in [0.1, 0.15) is 6.04 Å². The third kappa shape index (κ3) is 3.88. The van der Waals surface area contributed by atoms with Crippen molar-refractivity contribution in [2.45, 2.75) is 51.7 Å². The normalized spacial score (nSPS) is 18.9. The number of fused-ring (bicyclic) bond motifs is 1. The summed E-state index contributed by atoms with van der Waals surface area (Å²) in [6, 6.07) is 4.78. The van der Waals surface area contributed by atoms with E-state index in [1.165, 1.54) is 4.90 Å². The fourth-order valence-corrected chi connectivity index (χ4v) is 3.32. The number of halogens is 1. The Hall–Kier alpha value is -2.41. The molecular weight excluding hydrogens is 358 g/mol. The number of piperidine rings is 1. The van der Waals surface area contributed by atoms with E-state index in [0.29, 0.717) is 31.5 Å². The predicted octanol–water partition coefficient (Wildman–Crippen LogP) is 1.29. The van der Waals surface area contributed by atoms with Gasteiger partial charge in [-0.05, 0) is 30.0 Å². The number of nitrogens with zero attached hydrogens (tertiary/aromatic N) is 1. The van der Waals surface area contributed by atoms with E-state index in [9.17, 15) is 19.2 Å². The zero-order valence-electron chi connectivity index (χ0n) is 14.5. The van der Waals surface area contributed by atoms with E-state index in [2.05, 4.69) is 10.6 Å². The Bertz CT molecular complexity index is 750. The Morgan fingerprint density at radius 2 is 2.08 bits per heavy atom. The molecule has 26 heavy (non-hydrogen) atoms. The average molecular weight is 380 g/mol. The summed E-state index contributed by atoms with van der Waals surface area (Å²) in [4.78, 5) is 49.3. The second-order valence-electron chi connectivity index (χ2n) is 6.37. The smallest absolute Gasteiger partial charge is 0.255 e. The van der Waals surface area contributed by atoms with Gasteiger partial charge in [-0.2, -0.15) is 0 Å². The second-order valence-corrected chi connectivity index (χ2v) is 6.37. The van der Waals surface area contributed by atoms with Crippen molar-refractivity contribution in [3.63, 3.8) is 0 Å². The summed E-state index contributed by atoms with van der Waals surface area (Å²) in [6.45, 7) is 2.62. The highest BCUT2D eigenvalue weighted by atomic mass is 35.5. The lowest BCUT2D eigenvalue weighted by atomic mass is 10.0. The lowest BCUT2D eigenvalue weighted by molar-refractivity contribution is -0.137. The number of carbonyl (C=O) groups is 4. The summed E-state index contributed by atoms with van der Waals surface area (Å²) >= 11 is 0. The third-order valence-corrected chi connectivity index (χ3v) is 4.63. The summed E-state index contributed by atoms with van der Waals surface area (Å²) in [5.74, 6) is -0.947. The van der Waals surface area contributed by atoms with Gasteiger partial charge >= 0.3 is 0 Å². The quantitative estimate of drug-likeness (QED) is 0.753. The Morgan fingerprint density at radius 1 is 1.31 bits per heavy atom. The molecule has 1 aromatic rings. The Morgan fingerprint density at radius 3 is 2.77 bits per heavy atom. The molecule has 0 bridgehead atoms. The molecule has 1 unspecified atom stereocenters. The summed E-state index contributed by atoms with van der Waals surface area (Å²) in [7, 11) is 0. The monoisotopic (exact) mass is 379 g/mol. The van der Waals surface area contributed by atoms with Crippen molar-refractivity contribution in [3.8, 4) is 0 Å².